The molecule has 5 atom stereocenters. The van der Waals surface area contributed by atoms with E-state index in [-0.39, 0.29) is 41.6 Å². The van der Waals surface area contributed by atoms with Crippen molar-refractivity contribution in [3.8, 4) is 0 Å². The van der Waals surface area contributed by atoms with Crippen LogP contribution in [0.15, 0.2) is 24.3 Å². The second-order valence-electron chi connectivity index (χ2n) is 7.87. The lowest BCUT2D eigenvalue weighted by Gasteiger charge is -2.35. The molecule has 3 fully saturated rings. The van der Waals surface area contributed by atoms with Gasteiger partial charge in [0.15, 0.2) is 0 Å². The van der Waals surface area contributed by atoms with Crippen LogP contribution in [0.5, 0.6) is 0 Å². The topological polar surface area (TPSA) is 49.4 Å². The number of carbonyl (C=O) groups is 2. The fraction of sp³-hybridized carbons (Fsp3) is 0.600. The minimum Gasteiger partial charge on any atom is -0.351 e. The van der Waals surface area contributed by atoms with Gasteiger partial charge in [-0.25, -0.2) is 4.39 Å². The van der Waals surface area contributed by atoms with Crippen LogP contribution >= 0.6 is 0 Å². The Morgan fingerprint density at radius 1 is 1.16 bits per heavy atom. The number of benzene rings is 1. The summed E-state index contributed by atoms with van der Waals surface area (Å²) in [5.41, 5.74) is 1.06. The highest BCUT2D eigenvalue weighted by atomic mass is 19.1. The quantitative estimate of drug-likeness (QED) is 0.913. The fourth-order valence-corrected chi connectivity index (χ4v) is 4.06. The summed E-state index contributed by atoms with van der Waals surface area (Å²) >= 11 is 0. The average molecular weight is 344 g/mol. The van der Waals surface area contributed by atoms with Crippen LogP contribution in [0.25, 0.3) is 0 Å². The van der Waals surface area contributed by atoms with Gasteiger partial charge in [0.05, 0.1) is 0 Å². The fourth-order valence-electron chi connectivity index (χ4n) is 4.06. The van der Waals surface area contributed by atoms with Crippen molar-refractivity contribution in [1.29, 1.82) is 0 Å². The van der Waals surface area contributed by atoms with Gasteiger partial charge in [-0.15, -0.1) is 0 Å². The number of hydrogen-bond donors (Lipinski definition) is 1. The molecule has 3 aliphatic rings. The molecule has 4 nitrogen and oxygen atoms in total. The van der Waals surface area contributed by atoms with Crippen LogP contribution in [-0.2, 0) is 9.59 Å². The van der Waals surface area contributed by atoms with E-state index in [0.29, 0.717) is 12.5 Å². The zero-order valence-corrected chi connectivity index (χ0v) is 14.6. The molecule has 0 spiro atoms. The molecule has 1 aromatic rings. The van der Waals surface area contributed by atoms with Crippen molar-refractivity contribution >= 4 is 11.8 Å². The lowest BCUT2D eigenvalue weighted by Crippen LogP contribution is -2.53. The molecule has 5 heteroatoms. The highest BCUT2D eigenvalue weighted by molar-refractivity contribution is 5.90. The largest absolute Gasteiger partial charge is 0.351 e. The van der Waals surface area contributed by atoms with E-state index < -0.39 is 0 Å². The molecule has 1 aliphatic heterocycles. The first-order valence-electron chi connectivity index (χ1n) is 9.41. The lowest BCUT2D eigenvalue weighted by atomic mass is 10.00. The highest BCUT2D eigenvalue weighted by Gasteiger charge is 2.46. The molecule has 2 amide bonds. The summed E-state index contributed by atoms with van der Waals surface area (Å²) < 4.78 is 13.0. The van der Waals surface area contributed by atoms with Crippen LogP contribution in [0.4, 0.5) is 4.39 Å². The van der Waals surface area contributed by atoms with Crippen molar-refractivity contribution in [3.05, 3.63) is 35.6 Å². The van der Waals surface area contributed by atoms with Crippen LogP contribution in [0, 0.1) is 17.7 Å². The number of carbonyl (C=O) groups excluding carboxylic acids is 2. The lowest BCUT2D eigenvalue weighted by molar-refractivity contribution is -0.143. The number of piperidine rings is 1. The first-order valence-corrected chi connectivity index (χ1v) is 9.41. The molecule has 2 aliphatic carbocycles. The predicted octanol–water partition coefficient (Wildman–Crippen LogP) is 2.83. The van der Waals surface area contributed by atoms with Crippen LogP contribution in [-0.4, -0.2) is 35.3 Å². The van der Waals surface area contributed by atoms with Crippen LogP contribution in [0.3, 0.4) is 0 Å². The average Bonchev–Trinajstić information content (AvgIpc) is 3.53. The molecule has 0 aromatic heterocycles. The van der Waals surface area contributed by atoms with E-state index in [1.54, 1.807) is 12.1 Å². The van der Waals surface area contributed by atoms with Crippen molar-refractivity contribution in [2.45, 2.75) is 57.0 Å². The van der Waals surface area contributed by atoms with E-state index in [9.17, 15) is 14.0 Å². The first kappa shape index (κ1) is 16.6. The molecule has 134 valence electrons. The Hall–Kier alpha value is -1.91. The maximum Gasteiger partial charge on any atom is 0.243 e. The van der Waals surface area contributed by atoms with E-state index in [4.69, 9.17) is 0 Å². The Kier molecular flexibility index (Phi) is 4.26. The molecule has 0 radical (unpaired) electrons. The Bertz CT molecular complexity index is 675. The molecule has 4 rings (SSSR count). The molecule has 5 unspecified atom stereocenters. The Morgan fingerprint density at radius 3 is 2.56 bits per heavy atom. The van der Waals surface area contributed by atoms with Crippen molar-refractivity contribution in [1.82, 2.24) is 10.2 Å². The predicted molar refractivity (Wildman–Crippen MR) is 92.3 cm³/mol. The minimum absolute atomic E-state index is 0.0176. The van der Waals surface area contributed by atoms with E-state index in [1.807, 2.05) is 4.90 Å². The molecule has 1 N–H and O–H groups in total. The van der Waals surface area contributed by atoms with Crippen molar-refractivity contribution in [2.75, 3.05) is 6.54 Å². The van der Waals surface area contributed by atoms with Gasteiger partial charge in [-0.1, -0.05) is 19.1 Å². The second-order valence-corrected chi connectivity index (χ2v) is 7.87. The minimum atomic E-state index is -0.316. The summed E-state index contributed by atoms with van der Waals surface area (Å²) in [6.45, 7) is 2.80. The monoisotopic (exact) mass is 344 g/mol. The summed E-state index contributed by atoms with van der Waals surface area (Å²) in [4.78, 5) is 27.2. The van der Waals surface area contributed by atoms with Crippen molar-refractivity contribution < 1.29 is 14.0 Å². The van der Waals surface area contributed by atoms with Gasteiger partial charge in [0.25, 0.3) is 0 Å². The second kappa shape index (κ2) is 6.43. The van der Waals surface area contributed by atoms with Gasteiger partial charge in [-0.05, 0) is 55.7 Å². The summed E-state index contributed by atoms with van der Waals surface area (Å²) in [6, 6.07) is 6.30. The molecule has 1 saturated heterocycles. The number of amides is 2. The molecule has 2 saturated carbocycles. The van der Waals surface area contributed by atoms with E-state index >= 15 is 0 Å². The van der Waals surface area contributed by atoms with Gasteiger partial charge >= 0.3 is 0 Å². The van der Waals surface area contributed by atoms with Gasteiger partial charge < -0.3 is 10.2 Å². The standard InChI is InChI=1S/C20H25FN2O2/c1-12-10-15(12)20(25)23-9-3-2-4-18(23)19(24)22-17-11-16(17)13-5-7-14(21)8-6-13/h5-8,12,15-18H,2-4,9-11H2,1H3,(H,22,24). The molecule has 25 heavy (non-hydrogen) atoms. The number of hydrogen-bond acceptors (Lipinski definition) is 2. The van der Waals surface area contributed by atoms with Crippen LogP contribution < -0.4 is 5.32 Å². The summed E-state index contributed by atoms with van der Waals surface area (Å²) in [7, 11) is 0. The maximum absolute atomic E-state index is 13.0. The van der Waals surface area contributed by atoms with Gasteiger partial charge in [-0.2, -0.15) is 0 Å². The van der Waals surface area contributed by atoms with Crippen LogP contribution in [0.1, 0.15) is 50.5 Å². The third kappa shape index (κ3) is 3.42. The van der Waals surface area contributed by atoms with E-state index in [0.717, 1.165) is 37.7 Å². The maximum atomic E-state index is 13.0. The summed E-state index contributed by atoms with van der Waals surface area (Å²) in [5, 5.41) is 3.12. The van der Waals surface area contributed by atoms with E-state index in [1.165, 1.54) is 12.1 Å². The molecular formula is C20H25FN2O2. The number of likely N-dealkylation sites (tertiary alicyclic amines) is 1. The van der Waals surface area contributed by atoms with Crippen molar-refractivity contribution in [3.63, 3.8) is 0 Å². The smallest absolute Gasteiger partial charge is 0.243 e. The van der Waals surface area contributed by atoms with Gasteiger partial charge in [-0.3, -0.25) is 9.59 Å². The first-order chi connectivity index (χ1) is 12.0. The van der Waals surface area contributed by atoms with Gasteiger partial charge in [0.1, 0.15) is 11.9 Å². The molecule has 0 bridgehead atoms. The number of rotatable bonds is 4. The Labute approximate surface area is 147 Å². The van der Waals surface area contributed by atoms with E-state index in [2.05, 4.69) is 12.2 Å². The van der Waals surface area contributed by atoms with Crippen molar-refractivity contribution in [2.24, 2.45) is 11.8 Å². The zero-order valence-electron chi connectivity index (χ0n) is 14.6. The third-order valence-electron chi connectivity index (χ3n) is 5.93. The third-order valence-corrected chi connectivity index (χ3v) is 5.93. The summed E-state index contributed by atoms with van der Waals surface area (Å²) in [5.74, 6) is 0.760. The number of nitrogens with zero attached hydrogens (tertiary/aromatic N) is 1. The zero-order chi connectivity index (χ0) is 17.6. The normalized spacial score (nSPS) is 33.7. The number of nitrogens with one attached hydrogen (secondary N) is 1. The molecule has 1 heterocycles. The van der Waals surface area contributed by atoms with Crippen LogP contribution in [0.2, 0.25) is 0 Å². The van der Waals surface area contributed by atoms with Gasteiger partial charge in [0, 0.05) is 24.4 Å². The number of halogens is 1. The SMILES string of the molecule is CC1CC1C(=O)N1CCCCC1C(=O)NC1CC1c1ccc(F)cc1. The van der Waals surface area contributed by atoms with Gasteiger partial charge in [0.2, 0.25) is 11.8 Å². The Balaban J connectivity index is 1.36. The highest BCUT2D eigenvalue weighted by Crippen LogP contribution is 2.42. The Morgan fingerprint density at radius 2 is 1.88 bits per heavy atom. The molecule has 1 aromatic carbocycles. The molecular weight excluding hydrogens is 319 g/mol. The summed E-state index contributed by atoms with van der Waals surface area (Å²) in [6.07, 6.45) is 4.58.